The largest absolute Gasteiger partial charge is 0.489 e. The second-order valence-electron chi connectivity index (χ2n) is 7.46. The SMILES string of the molecule is CC(C)(C)OC(=O)Nc1coc(Cc2cc(Cl)ccc2OCc2ccccc2)n1. The number of benzene rings is 2. The van der Waals surface area contributed by atoms with Crippen LogP contribution in [0.3, 0.4) is 0 Å². The number of hydrogen-bond donors (Lipinski definition) is 1. The number of amides is 1. The minimum atomic E-state index is -0.595. The highest BCUT2D eigenvalue weighted by Gasteiger charge is 2.18. The molecule has 2 aromatic carbocycles. The van der Waals surface area contributed by atoms with Crippen LogP contribution in [0.25, 0.3) is 0 Å². The van der Waals surface area contributed by atoms with E-state index in [1.54, 1.807) is 26.8 Å². The number of hydrogen-bond acceptors (Lipinski definition) is 5. The van der Waals surface area contributed by atoms with E-state index in [1.807, 2.05) is 42.5 Å². The van der Waals surface area contributed by atoms with E-state index in [0.717, 1.165) is 11.1 Å². The van der Waals surface area contributed by atoms with Gasteiger partial charge in [0.25, 0.3) is 0 Å². The van der Waals surface area contributed by atoms with Gasteiger partial charge in [-0.15, -0.1) is 0 Å². The number of nitrogens with zero attached hydrogens (tertiary/aromatic N) is 1. The highest BCUT2D eigenvalue weighted by molar-refractivity contribution is 6.30. The molecule has 152 valence electrons. The van der Waals surface area contributed by atoms with Crippen LogP contribution in [0.4, 0.5) is 10.6 Å². The Morgan fingerprint density at radius 2 is 1.93 bits per heavy atom. The second kappa shape index (κ2) is 9.01. The standard InChI is InChI=1S/C22H23ClN2O4/c1-22(2,3)29-21(26)25-19-14-28-20(24-19)12-16-11-17(23)9-10-18(16)27-13-15-7-5-4-6-8-15/h4-11,14H,12-13H2,1-3H3,(H,25,26). The summed E-state index contributed by atoms with van der Waals surface area (Å²) < 4.78 is 16.6. The van der Waals surface area contributed by atoms with Gasteiger partial charge in [-0.05, 0) is 44.5 Å². The smallest absolute Gasteiger partial charge is 0.413 e. The average Bonchev–Trinajstić information content (AvgIpc) is 3.07. The van der Waals surface area contributed by atoms with Crippen LogP contribution in [-0.2, 0) is 17.8 Å². The molecule has 0 saturated carbocycles. The summed E-state index contributed by atoms with van der Waals surface area (Å²) >= 11 is 6.16. The fourth-order valence-corrected chi connectivity index (χ4v) is 2.78. The lowest BCUT2D eigenvalue weighted by Crippen LogP contribution is -2.27. The van der Waals surface area contributed by atoms with Gasteiger partial charge in [0.2, 0.25) is 5.89 Å². The Morgan fingerprint density at radius 1 is 1.17 bits per heavy atom. The molecular formula is C22H23ClN2O4. The van der Waals surface area contributed by atoms with Crippen LogP contribution in [0.15, 0.2) is 59.2 Å². The molecule has 0 aliphatic heterocycles. The third kappa shape index (κ3) is 6.54. The maximum Gasteiger partial charge on any atom is 0.413 e. The molecule has 1 aromatic heterocycles. The predicted molar refractivity (Wildman–Crippen MR) is 111 cm³/mol. The normalized spacial score (nSPS) is 11.2. The van der Waals surface area contributed by atoms with Gasteiger partial charge in [0, 0.05) is 10.6 Å². The number of anilines is 1. The van der Waals surface area contributed by atoms with Crippen molar-refractivity contribution in [3.63, 3.8) is 0 Å². The summed E-state index contributed by atoms with van der Waals surface area (Å²) in [5.41, 5.74) is 1.30. The lowest BCUT2D eigenvalue weighted by Gasteiger charge is -2.18. The Kier molecular flexibility index (Phi) is 6.44. The molecule has 1 N–H and O–H groups in total. The number of rotatable bonds is 6. The zero-order chi connectivity index (χ0) is 20.9. The van der Waals surface area contributed by atoms with Crippen molar-refractivity contribution in [3.05, 3.63) is 76.8 Å². The fraction of sp³-hybridized carbons (Fsp3) is 0.273. The first-order valence-electron chi connectivity index (χ1n) is 9.18. The van der Waals surface area contributed by atoms with Crippen molar-refractivity contribution >= 4 is 23.5 Å². The zero-order valence-corrected chi connectivity index (χ0v) is 17.3. The molecule has 3 aromatic rings. The summed E-state index contributed by atoms with van der Waals surface area (Å²) in [6.45, 7) is 5.80. The van der Waals surface area contributed by atoms with Crippen molar-refractivity contribution < 1.29 is 18.7 Å². The average molecular weight is 415 g/mol. The third-order valence-electron chi connectivity index (χ3n) is 3.78. The molecule has 0 radical (unpaired) electrons. The minimum Gasteiger partial charge on any atom is -0.489 e. The Morgan fingerprint density at radius 3 is 2.66 bits per heavy atom. The van der Waals surface area contributed by atoms with E-state index in [9.17, 15) is 4.79 Å². The molecule has 3 rings (SSSR count). The summed E-state index contributed by atoms with van der Waals surface area (Å²) in [6, 6.07) is 15.3. The highest BCUT2D eigenvalue weighted by atomic mass is 35.5. The number of ether oxygens (including phenoxy) is 2. The van der Waals surface area contributed by atoms with E-state index in [-0.39, 0.29) is 5.82 Å². The van der Waals surface area contributed by atoms with Crippen LogP contribution >= 0.6 is 11.6 Å². The summed E-state index contributed by atoms with van der Waals surface area (Å²) in [5.74, 6) is 1.39. The van der Waals surface area contributed by atoms with Gasteiger partial charge >= 0.3 is 6.09 Å². The first-order chi connectivity index (χ1) is 13.8. The molecule has 1 amide bonds. The lowest BCUT2D eigenvalue weighted by molar-refractivity contribution is 0.0635. The monoisotopic (exact) mass is 414 g/mol. The summed E-state index contributed by atoms with van der Waals surface area (Å²) in [7, 11) is 0. The van der Waals surface area contributed by atoms with Gasteiger partial charge < -0.3 is 13.9 Å². The van der Waals surface area contributed by atoms with Crippen LogP contribution in [0.2, 0.25) is 5.02 Å². The number of carbonyl (C=O) groups is 1. The third-order valence-corrected chi connectivity index (χ3v) is 4.02. The Balaban J connectivity index is 1.67. The molecule has 7 heteroatoms. The van der Waals surface area contributed by atoms with Gasteiger partial charge in [-0.25, -0.2) is 4.79 Å². The molecule has 0 fully saturated rings. The number of nitrogens with one attached hydrogen (secondary N) is 1. The van der Waals surface area contributed by atoms with Gasteiger partial charge in [0.1, 0.15) is 24.2 Å². The van der Waals surface area contributed by atoms with E-state index in [1.165, 1.54) is 6.26 Å². The van der Waals surface area contributed by atoms with Gasteiger partial charge in [0.15, 0.2) is 5.82 Å². The Labute approximate surface area is 174 Å². The van der Waals surface area contributed by atoms with Gasteiger partial charge in [-0.2, -0.15) is 4.98 Å². The second-order valence-corrected chi connectivity index (χ2v) is 7.89. The van der Waals surface area contributed by atoms with E-state index in [4.69, 9.17) is 25.5 Å². The highest BCUT2D eigenvalue weighted by Crippen LogP contribution is 2.26. The number of oxazole rings is 1. The molecule has 0 bridgehead atoms. The van der Waals surface area contributed by atoms with Crippen molar-refractivity contribution in [2.45, 2.75) is 39.4 Å². The molecule has 0 aliphatic carbocycles. The summed E-state index contributed by atoms with van der Waals surface area (Å²) in [5, 5.41) is 3.14. The molecule has 0 aliphatic rings. The number of halogens is 1. The molecule has 0 unspecified atom stereocenters. The molecular weight excluding hydrogens is 392 g/mol. The molecule has 0 saturated heterocycles. The lowest BCUT2D eigenvalue weighted by atomic mass is 10.1. The first kappa shape index (κ1) is 20.7. The number of carbonyl (C=O) groups excluding carboxylic acids is 1. The van der Waals surface area contributed by atoms with Crippen molar-refractivity contribution in [2.75, 3.05) is 5.32 Å². The maximum absolute atomic E-state index is 11.9. The van der Waals surface area contributed by atoms with Crippen molar-refractivity contribution in [2.24, 2.45) is 0 Å². The topological polar surface area (TPSA) is 73.6 Å². The fourth-order valence-electron chi connectivity index (χ4n) is 2.58. The van der Waals surface area contributed by atoms with Crippen LogP contribution in [0.1, 0.15) is 37.8 Å². The van der Waals surface area contributed by atoms with Gasteiger partial charge in [-0.3, -0.25) is 5.32 Å². The van der Waals surface area contributed by atoms with E-state index in [2.05, 4.69) is 10.3 Å². The number of aromatic nitrogens is 1. The minimum absolute atomic E-state index is 0.281. The molecule has 1 heterocycles. The summed E-state index contributed by atoms with van der Waals surface area (Å²) in [4.78, 5) is 16.1. The van der Waals surface area contributed by atoms with Crippen LogP contribution < -0.4 is 10.1 Å². The Bertz CT molecular complexity index is 964. The van der Waals surface area contributed by atoms with Gasteiger partial charge in [-0.1, -0.05) is 41.9 Å². The van der Waals surface area contributed by atoms with Crippen molar-refractivity contribution in [3.8, 4) is 5.75 Å². The molecule has 29 heavy (non-hydrogen) atoms. The van der Waals surface area contributed by atoms with E-state index >= 15 is 0 Å². The van der Waals surface area contributed by atoms with Crippen molar-refractivity contribution in [1.29, 1.82) is 0 Å². The Hall–Kier alpha value is -2.99. The van der Waals surface area contributed by atoms with Crippen LogP contribution in [0, 0.1) is 0 Å². The maximum atomic E-state index is 11.9. The first-order valence-corrected chi connectivity index (χ1v) is 9.56. The predicted octanol–water partition coefficient (Wildman–Crippen LogP) is 5.84. The van der Waals surface area contributed by atoms with Crippen molar-refractivity contribution in [1.82, 2.24) is 4.98 Å². The molecule has 6 nitrogen and oxygen atoms in total. The quantitative estimate of drug-likeness (QED) is 0.548. The van der Waals surface area contributed by atoms with E-state index < -0.39 is 11.7 Å². The van der Waals surface area contributed by atoms with E-state index in [0.29, 0.717) is 29.7 Å². The molecule has 0 spiro atoms. The van der Waals surface area contributed by atoms with Crippen LogP contribution in [0.5, 0.6) is 5.75 Å². The zero-order valence-electron chi connectivity index (χ0n) is 16.6. The van der Waals surface area contributed by atoms with Crippen LogP contribution in [-0.4, -0.2) is 16.7 Å². The summed E-state index contributed by atoms with van der Waals surface area (Å²) in [6.07, 6.45) is 1.14. The van der Waals surface area contributed by atoms with Gasteiger partial charge in [0.05, 0.1) is 6.42 Å². The molecule has 0 atom stereocenters.